The third kappa shape index (κ3) is 2.87. The smallest absolute Gasteiger partial charge is 0.128 e. The van der Waals surface area contributed by atoms with Crippen LogP contribution in [0.25, 0.3) is 33.8 Å². The van der Waals surface area contributed by atoms with E-state index in [4.69, 9.17) is 4.74 Å². The Labute approximate surface area is 145 Å². The Kier molecular flexibility index (Phi) is 3.96. The second-order valence-electron chi connectivity index (χ2n) is 5.50. The number of H-pyrrole nitrogens is 1. The van der Waals surface area contributed by atoms with Gasteiger partial charge in [0.1, 0.15) is 5.75 Å². The van der Waals surface area contributed by atoms with Crippen LogP contribution in [-0.2, 0) is 0 Å². The third-order valence-electron chi connectivity index (χ3n) is 4.01. The van der Waals surface area contributed by atoms with E-state index >= 15 is 0 Å². The molecule has 0 aliphatic heterocycles. The van der Waals surface area contributed by atoms with Crippen molar-refractivity contribution in [3.05, 3.63) is 73.2 Å². The Balaban J connectivity index is 1.81. The predicted octanol–water partition coefficient (Wildman–Crippen LogP) is 4.21. The van der Waals surface area contributed by atoms with Crippen LogP contribution in [0.1, 0.15) is 0 Å². The van der Waals surface area contributed by atoms with Crippen LogP contribution >= 0.6 is 0 Å². The van der Waals surface area contributed by atoms with Crippen molar-refractivity contribution in [2.24, 2.45) is 0 Å². The van der Waals surface area contributed by atoms with E-state index in [1.54, 1.807) is 19.5 Å². The molecule has 0 fully saturated rings. The lowest BCUT2D eigenvalue weighted by molar-refractivity contribution is 0.416. The van der Waals surface area contributed by atoms with Crippen molar-refractivity contribution >= 4 is 0 Å². The molecule has 3 aromatic heterocycles. The van der Waals surface area contributed by atoms with E-state index < -0.39 is 0 Å². The maximum atomic E-state index is 5.45. The lowest BCUT2D eigenvalue weighted by Gasteiger charge is -2.09. The van der Waals surface area contributed by atoms with Crippen molar-refractivity contribution in [3.63, 3.8) is 0 Å². The minimum atomic E-state index is 0.796. The number of aromatic nitrogens is 4. The monoisotopic (exact) mass is 328 g/mol. The summed E-state index contributed by atoms with van der Waals surface area (Å²) >= 11 is 0. The molecule has 122 valence electrons. The normalized spacial score (nSPS) is 10.6. The van der Waals surface area contributed by atoms with Gasteiger partial charge in [0, 0.05) is 23.5 Å². The molecular weight excluding hydrogens is 312 g/mol. The fourth-order valence-electron chi connectivity index (χ4n) is 2.81. The highest BCUT2D eigenvalue weighted by Crippen LogP contribution is 2.33. The number of aromatic amines is 1. The largest absolute Gasteiger partial charge is 0.496 e. The number of rotatable bonds is 4. The molecule has 0 bridgehead atoms. The summed E-state index contributed by atoms with van der Waals surface area (Å²) in [6.45, 7) is 0. The summed E-state index contributed by atoms with van der Waals surface area (Å²) in [6, 6.07) is 17.7. The van der Waals surface area contributed by atoms with Crippen LogP contribution in [-0.4, -0.2) is 27.3 Å². The van der Waals surface area contributed by atoms with E-state index in [0.717, 1.165) is 39.5 Å². The SMILES string of the molecule is COc1ccccc1-c1cc(-c2cn[nH]c2-c2ccccn2)ccn1. The number of ether oxygens (including phenoxy) is 1. The molecule has 0 aliphatic carbocycles. The van der Waals surface area contributed by atoms with Gasteiger partial charge in [0.15, 0.2) is 0 Å². The minimum Gasteiger partial charge on any atom is -0.496 e. The predicted molar refractivity (Wildman–Crippen MR) is 97.0 cm³/mol. The Bertz CT molecular complexity index is 995. The van der Waals surface area contributed by atoms with Crippen molar-refractivity contribution < 1.29 is 4.74 Å². The molecule has 4 rings (SSSR count). The first kappa shape index (κ1) is 15.1. The molecule has 0 saturated heterocycles. The van der Waals surface area contributed by atoms with Crippen molar-refractivity contribution in [2.75, 3.05) is 7.11 Å². The first-order valence-electron chi connectivity index (χ1n) is 7.91. The number of hydrogen-bond acceptors (Lipinski definition) is 4. The Morgan fingerprint density at radius 3 is 2.52 bits per heavy atom. The van der Waals surface area contributed by atoms with Gasteiger partial charge in [-0.15, -0.1) is 0 Å². The van der Waals surface area contributed by atoms with Crippen LogP contribution in [0.2, 0.25) is 0 Å². The average molecular weight is 328 g/mol. The lowest BCUT2D eigenvalue weighted by Crippen LogP contribution is -1.91. The van der Waals surface area contributed by atoms with Gasteiger partial charge >= 0.3 is 0 Å². The van der Waals surface area contributed by atoms with Gasteiger partial charge in [-0.3, -0.25) is 15.1 Å². The standard InChI is InChI=1S/C20H16N4O/c1-25-19-8-3-2-6-15(19)18-12-14(9-11-22-18)16-13-23-24-20(16)17-7-4-5-10-21-17/h2-13H,1H3,(H,23,24). The highest BCUT2D eigenvalue weighted by molar-refractivity contribution is 5.81. The maximum absolute atomic E-state index is 5.45. The van der Waals surface area contributed by atoms with Gasteiger partial charge in [0.25, 0.3) is 0 Å². The number of nitrogens with one attached hydrogen (secondary N) is 1. The molecule has 1 aromatic carbocycles. The van der Waals surface area contributed by atoms with Crippen LogP contribution in [0.3, 0.4) is 0 Å². The summed E-state index contributed by atoms with van der Waals surface area (Å²) in [4.78, 5) is 8.91. The molecule has 0 amide bonds. The molecule has 0 radical (unpaired) electrons. The summed E-state index contributed by atoms with van der Waals surface area (Å²) in [7, 11) is 1.66. The van der Waals surface area contributed by atoms with E-state index in [-0.39, 0.29) is 0 Å². The van der Waals surface area contributed by atoms with E-state index in [2.05, 4.69) is 20.2 Å². The van der Waals surface area contributed by atoms with Crippen molar-refractivity contribution in [1.82, 2.24) is 20.2 Å². The molecule has 0 saturated carbocycles. The minimum absolute atomic E-state index is 0.796. The fraction of sp³-hybridized carbons (Fsp3) is 0.0500. The average Bonchev–Trinajstić information content (AvgIpc) is 3.19. The summed E-state index contributed by atoms with van der Waals surface area (Å²) in [5, 5.41) is 7.25. The molecule has 5 nitrogen and oxygen atoms in total. The Hall–Kier alpha value is -3.47. The second-order valence-corrected chi connectivity index (χ2v) is 5.50. The van der Waals surface area contributed by atoms with Crippen LogP contribution in [0, 0.1) is 0 Å². The molecule has 0 aliphatic rings. The van der Waals surface area contributed by atoms with Crippen LogP contribution in [0.4, 0.5) is 0 Å². The fourth-order valence-corrected chi connectivity index (χ4v) is 2.81. The highest BCUT2D eigenvalue weighted by Gasteiger charge is 2.13. The second kappa shape index (κ2) is 6.57. The zero-order valence-electron chi connectivity index (χ0n) is 13.7. The number of nitrogens with zero attached hydrogens (tertiary/aromatic N) is 3. The third-order valence-corrected chi connectivity index (χ3v) is 4.01. The number of methoxy groups -OCH3 is 1. The topological polar surface area (TPSA) is 63.7 Å². The lowest BCUT2D eigenvalue weighted by atomic mass is 10.0. The quantitative estimate of drug-likeness (QED) is 0.609. The van der Waals surface area contributed by atoms with Gasteiger partial charge in [-0.1, -0.05) is 18.2 Å². The zero-order valence-corrected chi connectivity index (χ0v) is 13.7. The number of hydrogen-bond donors (Lipinski definition) is 1. The van der Waals surface area contributed by atoms with Crippen molar-refractivity contribution in [3.8, 4) is 39.5 Å². The molecule has 25 heavy (non-hydrogen) atoms. The summed E-state index contributed by atoms with van der Waals surface area (Å²) < 4.78 is 5.45. The molecule has 5 heteroatoms. The van der Waals surface area contributed by atoms with E-state index in [1.807, 2.05) is 60.8 Å². The molecule has 0 spiro atoms. The van der Waals surface area contributed by atoms with Crippen molar-refractivity contribution in [1.29, 1.82) is 0 Å². The molecule has 0 atom stereocenters. The molecular formula is C20H16N4O. The van der Waals surface area contributed by atoms with Gasteiger partial charge < -0.3 is 4.74 Å². The van der Waals surface area contributed by atoms with Gasteiger partial charge in [0.2, 0.25) is 0 Å². The van der Waals surface area contributed by atoms with Gasteiger partial charge in [0.05, 0.1) is 30.4 Å². The first-order chi connectivity index (χ1) is 12.4. The Morgan fingerprint density at radius 2 is 1.68 bits per heavy atom. The zero-order chi connectivity index (χ0) is 17.1. The maximum Gasteiger partial charge on any atom is 0.128 e. The Morgan fingerprint density at radius 1 is 0.840 bits per heavy atom. The summed E-state index contributed by atoms with van der Waals surface area (Å²) in [5.74, 6) is 0.796. The van der Waals surface area contributed by atoms with Gasteiger partial charge in [-0.05, 0) is 42.0 Å². The number of pyridine rings is 2. The van der Waals surface area contributed by atoms with E-state index in [9.17, 15) is 0 Å². The van der Waals surface area contributed by atoms with Gasteiger partial charge in [-0.25, -0.2) is 0 Å². The molecule has 0 unspecified atom stereocenters. The van der Waals surface area contributed by atoms with Gasteiger partial charge in [-0.2, -0.15) is 5.10 Å². The van der Waals surface area contributed by atoms with E-state index in [1.165, 1.54) is 0 Å². The molecule has 1 N–H and O–H groups in total. The number of benzene rings is 1. The first-order valence-corrected chi connectivity index (χ1v) is 7.91. The van der Waals surface area contributed by atoms with Crippen LogP contribution in [0.15, 0.2) is 73.2 Å². The highest BCUT2D eigenvalue weighted by atomic mass is 16.5. The van der Waals surface area contributed by atoms with Crippen LogP contribution < -0.4 is 4.74 Å². The summed E-state index contributed by atoms with van der Waals surface area (Å²) in [5.41, 5.74) is 5.55. The molecule has 4 aromatic rings. The molecule has 3 heterocycles. The van der Waals surface area contributed by atoms with E-state index in [0.29, 0.717) is 0 Å². The summed E-state index contributed by atoms with van der Waals surface area (Å²) in [6.07, 6.45) is 5.38. The number of para-hydroxylation sites is 1. The van der Waals surface area contributed by atoms with Crippen molar-refractivity contribution in [2.45, 2.75) is 0 Å². The van der Waals surface area contributed by atoms with Crippen LogP contribution in [0.5, 0.6) is 5.75 Å².